The summed E-state index contributed by atoms with van der Waals surface area (Å²) in [7, 11) is 3.44. The van der Waals surface area contributed by atoms with Crippen LogP contribution in [-0.2, 0) is 0 Å². The first-order valence-corrected chi connectivity index (χ1v) is 7.94. The zero-order valence-corrected chi connectivity index (χ0v) is 14.5. The second-order valence-electron chi connectivity index (χ2n) is 5.53. The van der Waals surface area contributed by atoms with Gasteiger partial charge in [-0.1, -0.05) is 13.3 Å². The van der Waals surface area contributed by atoms with Crippen LogP contribution in [0.25, 0.3) is 0 Å². The number of anilines is 3. The minimum atomic E-state index is -0.517. The van der Waals surface area contributed by atoms with Crippen LogP contribution in [0.5, 0.6) is 5.75 Å². The number of nitro groups is 1. The summed E-state index contributed by atoms with van der Waals surface area (Å²) < 4.78 is 5.60. The molecule has 25 heavy (non-hydrogen) atoms. The van der Waals surface area contributed by atoms with Gasteiger partial charge in [0, 0.05) is 19.8 Å². The van der Waals surface area contributed by atoms with Crippen LogP contribution < -0.4 is 15.5 Å². The molecule has 1 aromatic heterocycles. The van der Waals surface area contributed by atoms with Crippen LogP contribution in [0.15, 0.2) is 30.6 Å². The molecule has 0 aliphatic heterocycles. The smallest absolute Gasteiger partial charge is 0.354 e. The van der Waals surface area contributed by atoms with E-state index in [0.29, 0.717) is 12.3 Å². The standard InChI is InChI=1S/C16H22N6O3/c1-4-5-10-25-13-8-6-12(7-9-13)19-15-14(22(23)24)16(18-11-17-15)20-21(2)3/h6-9,11H,4-5,10H2,1-3H3,(H2,17,18,19,20). The van der Waals surface area contributed by atoms with Crippen molar-refractivity contribution >= 4 is 23.0 Å². The Morgan fingerprint density at radius 1 is 1.20 bits per heavy atom. The summed E-state index contributed by atoms with van der Waals surface area (Å²) in [4.78, 5) is 18.8. The van der Waals surface area contributed by atoms with Gasteiger partial charge in [0.2, 0.25) is 11.6 Å². The molecule has 0 aliphatic carbocycles. The van der Waals surface area contributed by atoms with Gasteiger partial charge in [0.15, 0.2) is 0 Å². The molecule has 1 aromatic carbocycles. The molecule has 9 heteroatoms. The van der Waals surface area contributed by atoms with Gasteiger partial charge < -0.3 is 10.1 Å². The van der Waals surface area contributed by atoms with Crippen LogP contribution in [0.4, 0.5) is 23.0 Å². The normalized spacial score (nSPS) is 10.6. The lowest BCUT2D eigenvalue weighted by Crippen LogP contribution is -2.21. The van der Waals surface area contributed by atoms with Gasteiger partial charge >= 0.3 is 5.69 Å². The van der Waals surface area contributed by atoms with E-state index in [1.165, 1.54) is 6.33 Å². The van der Waals surface area contributed by atoms with Crippen molar-refractivity contribution in [1.82, 2.24) is 15.0 Å². The fourth-order valence-corrected chi connectivity index (χ4v) is 2.04. The van der Waals surface area contributed by atoms with Crippen molar-refractivity contribution in [1.29, 1.82) is 0 Å². The van der Waals surface area contributed by atoms with Crippen molar-refractivity contribution in [3.63, 3.8) is 0 Å². The quantitative estimate of drug-likeness (QED) is 0.405. The van der Waals surface area contributed by atoms with E-state index in [2.05, 4.69) is 27.6 Å². The van der Waals surface area contributed by atoms with E-state index in [1.807, 2.05) is 12.1 Å². The largest absolute Gasteiger partial charge is 0.494 e. The molecular formula is C16H22N6O3. The Kier molecular flexibility index (Phi) is 6.47. The Morgan fingerprint density at radius 2 is 1.88 bits per heavy atom. The van der Waals surface area contributed by atoms with Crippen LogP contribution in [0, 0.1) is 10.1 Å². The molecular weight excluding hydrogens is 324 g/mol. The highest BCUT2D eigenvalue weighted by molar-refractivity contribution is 5.73. The van der Waals surface area contributed by atoms with E-state index in [9.17, 15) is 10.1 Å². The highest BCUT2D eigenvalue weighted by Gasteiger charge is 2.23. The van der Waals surface area contributed by atoms with E-state index >= 15 is 0 Å². The molecule has 1 heterocycles. The topological polar surface area (TPSA) is 105 Å². The number of rotatable bonds is 9. The molecule has 2 N–H and O–H groups in total. The van der Waals surface area contributed by atoms with Crippen LogP contribution in [0.2, 0.25) is 0 Å². The summed E-state index contributed by atoms with van der Waals surface area (Å²) in [5, 5.41) is 15.9. The van der Waals surface area contributed by atoms with Crippen LogP contribution >= 0.6 is 0 Å². The van der Waals surface area contributed by atoms with Gasteiger partial charge in [-0.15, -0.1) is 0 Å². The van der Waals surface area contributed by atoms with Gasteiger partial charge in [-0.25, -0.2) is 15.0 Å². The monoisotopic (exact) mass is 346 g/mol. The second kappa shape index (κ2) is 8.78. The number of hydrogen-bond donors (Lipinski definition) is 2. The predicted octanol–water partition coefficient (Wildman–Crippen LogP) is 3.20. The number of hydrogen-bond acceptors (Lipinski definition) is 8. The van der Waals surface area contributed by atoms with E-state index < -0.39 is 4.92 Å². The number of benzene rings is 1. The van der Waals surface area contributed by atoms with E-state index in [4.69, 9.17) is 4.74 Å². The summed E-state index contributed by atoms with van der Waals surface area (Å²) in [5.41, 5.74) is 3.24. The molecule has 2 aromatic rings. The summed E-state index contributed by atoms with van der Waals surface area (Å²) in [5.74, 6) is 0.988. The van der Waals surface area contributed by atoms with Crippen molar-refractivity contribution in [2.75, 3.05) is 31.4 Å². The fourth-order valence-electron chi connectivity index (χ4n) is 2.04. The van der Waals surface area contributed by atoms with Crippen molar-refractivity contribution in [2.45, 2.75) is 19.8 Å². The molecule has 0 saturated carbocycles. The first kappa shape index (κ1) is 18.4. The van der Waals surface area contributed by atoms with E-state index in [-0.39, 0.29) is 17.3 Å². The molecule has 0 atom stereocenters. The Bertz CT molecular complexity index is 706. The molecule has 0 saturated heterocycles. The number of hydrazine groups is 1. The zero-order chi connectivity index (χ0) is 18.2. The van der Waals surface area contributed by atoms with Gasteiger partial charge in [-0.05, 0) is 30.7 Å². The van der Waals surface area contributed by atoms with Gasteiger partial charge in [0.05, 0.1) is 11.5 Å². The first-order chi connectivity index (χ1) is 12.0. The van der Waals surface area contributed by atoms with Crippen molar-refractivity contribution in [3.05, 3.63) is 40.7 Å². The average molecular weight is 346 g/mol. The molecule has 0 unspecified atom stereocenters. The maximum absolute atomic E-state index is 11.4. The van der Waals surface area contributed by atoms with Crippen molar-refractivity contribution < 1.29 is 9.66 Å². The molecule has 2 rings (SSSR count). The maximum Gasteiger partial charge on any atom is 0.354 e. The molecule has 0 amide bonds. The summed E-state index contributed by atoms with van der Waals surface area (Å²) >= 11 is 0. The van der Waals surface area contributed by atoms with E-state index in [1.54, 1.807) is 31.2 Å². The Labute approximate surface area is 146 Å². The Balaban J connectivity index is 2.17. The summed E-state index contributed by atoms with van der Waals surface area (Å²) in [6.07, 6.45) is 3.33. The van der Waals surface area contributed by atoms with Crippen molar-refractivity contribution in [2.24, 2.45) is 0 Å². The molecule has 0 spiro atoms. The summed E-state index contributed by atoms with van der Waals surface area (Å²) in [6, 6.07) is 7.19. The SMILES string of the molecule is CCCCOc1ccc(Nc2ncnc(NN(C)C)c2[N+](=O)[O-])cc1. The number of nitrogens with one attached hydrogen (secondary N) is 2. The first-order valence-electron chi connectivity index (χ1n) is 7.94. The second-order valence-corrected chi connectivity index (χ2v) is 5.53. The molecule has 9 nitrogen and oxygen atoms in total. The van der Waals surface area contributed by atoms with Crippen LogP contribution in [0.3, 0.4) is 0 Å². The average Bonchev–Trinajstić information content (AvgIpc) is 2.56. The number of aromatic nitrogens is 2. The summed E-state index contributed by atoms with van der Waals surface area (Å²) in [6.45, 7) is 2.77. The highest BCUT2D eigenvalue weighted by Crippen LogP contribution is 2.31. The number of nitrogens with zero attached hydrogens (tertiary/aromatic N) is 4. The molecule has 0 aliphatic rings. The third-order valence-electron chi connectivity index (χ3n) is 3.22. The molecule has 134 valence electrons. The lowest BCUT2D eigenvalue weighted by atomic mass is 10.3. The lowest BCUT2D eigenvalue weighted by molar-refractivity contribution is -0.383. The molecule has 0 bridgehead atoms. The highest BCUT2D eigenvalue weighted by atomic mass is 16.6. The van der Waals surface area contributed by atoms with E-state index in [0.717, 1.165) is 18.6 Å². The third-order valence-corrected chi connectivity index (χ3v) is 3.22. The van der Waals surface area contributed by atoms with Crippen molar-refractivity contribution in [3.8, 4) is 5.75 Å². The third kappa shape index (κ3) is 5.28. The van der Waals surface area contributed by atoms with Gasteiger partial charge in [-0.2, -0.15) is 0 Å². The number of unbranched alkanes of at least 4 members (excludes halogenated alkanes) is 1. The molecule has 0 fully saturated rings. The zero-order valence-electron chi connectivity index (χ0n) is 14.5. The van der Waals surface area contributed by atoms with Crippen LogP contribution in [-0.4, -0.2) is 40.6 Å². The fraction of sp³-hybridized carbons (Fsp3) is 0.375. The minimum absolute atomic E-state index is 0.115. The number of ether oxygens (including phenoxy) is 1. The maximum atomic E-state index is 11.4. The lowest BCUT2D eigenvalue weighted by Gasteiger charge is -2.14. The minimum Gasteiger partial charge on any atom is -0.494 e. The van der Waals surface area contributed by atoms with Gasteiger partial charge in [-0.3, -0.25) is 15.5 Å². The predicted molar refractivity (Wildman–Crippen MR) is 96.1 cm³/mol. The van der Waals surface area contributed by atoms with Gasteiger partial charge in [0.25, 0.3) is 0 Å². The Hall–Kier alpha value is -2.94. The molecule has 0 radical (unpaired) electrons. The van der Waals surface area contributed by atoms with Gasteiger partial charge in [0.1, 0.15) is 12.1 Å². The van der Waals surface area contributed by atoms with Crippen LogP contribution in [0.1, 0.15) is 19.8 Å². The Morgan fingerprint density at radius 3 is 2.48 bits per heavy atom.